The minimum absolute atomic E-state index is 0.556. The third-order valence-corrected chi connectivity index (χ3v) is 16.5. The highest BCUT2D eigenvalue weighted by atomic mass is 15.2. The van der Waals surface area contributed by atoms with E-state index >= 15 is 0 Å². The maximum absolute atomic E-state index is 5.63. The van der Waals surface area contributed by atoms with Crippen LogP contribution in [0.15, 0.2) is 279 Å². The molecule has 0 N–H and O–H groups in total. The summed E-state index contributed by atoms with van der Waals surface area (Å²) in [5, 5.41) is 9.38. The fourth-order valence-electron chi connectivity index (χ4n) is 12.8. The van der Waals surface area contributed by atoms with E-state index < -0.39 is 0 Å². The Morgan fingerprint density at radius 3 is 1.06 bits per heavy atom. The number of rotatable bonds is 8. The normalized spacial score (nSPS) is 11.9. The lowest BCUT2D eigenvalue weighted by molar-refractivity contribution is 0.951. The molecule has 0 bridgehead atoms. The van der Waals surface area contributed by atoms with Crippen molar-refractivity contribution in [3.63, 3.8) is 0 Å². The molecule has 0 radical (unpaired) electrons. The van der Waals surface area contributed by atoms with E-state index in [4.69, 9.17) is 15.0 Å². The predicted molar refractivity (Wildman–Crippen MR) is 337 cm³/mol. The molecule has 0 aliphatic carbocycles. The summed E-state index contributed by atoms with van der Waals surface area (Å²) < 4.78 is 9.26. The molecule has 8 heteroatoms. The average Bonchev–Trinajstić information content (AvgIpc) is 4.35. The van der Waals surface area contributed by atoms with Crippen LogP contribution in [0.25, 0.3) is 155 Å². The van der Waals surface area contributed by atoms with Crippen molar-refractivity contribution in [2.45, 2.75) is 0 Å². The number of aromatic nitrogens is 8. The molecule has 10 aromatic carbocycles. The van der Waals surface area contributed by atoms with E-state index in [0.717, 1.165) is 106 Å². The number of pyridine rings is 2. The first-order chi connectivity index (χ1) is 40.7. The fraction of sp³-hybridized carbons (Fsp3) is 0. The fourth-order valence-corrected chi connectivity index (χ4v) is 12.8. The highest BCUT2D eigenvalue weighted by molar-refractivity contribution is 6.15. The molecule has 17 aromatic rings. The zero-order chi connectivity index (χ0) is 53.8. The predicted octanol–water partition coefficient (Wildman–Crippen LogP) is 18.3. The van der Waals surface area contributed by atoms with Gasteiger partial charge in [0.05, 0.1) is 61.2 Å². The first-order valence-electron chi connectivity index (χ1n) is 27.7. The van der Waals surface area contributed by atoms with E-state index in [0.29, 0.717) is 5.95 Å². The van der Waals surface area contributed by atoms with Gasteiger partial charge >= 0.3 is 0 Å². The maximum atomic E-state index is 5.63. The summed E-state index contributed by atoms with van der Waals surface area (Å²) in [6.45, 7) is 0. The van der Waals surface area contributed by atoms with Crippen molar-refractivity contribution < 1.29 is 0 Å². The van der Waals surface area contributed by atoms with Crippen molar-refractivity contribution in [3.05, 3.63) is 279 Å². The zero-order valence-corrected chi connectivity index (χ0v) is 44.1. The van der Waals surface area contributed by atoms with Crippen molar-refractivity contribution in [2.24, 2.45) is 0 Å². The second kappa shape index (κ2) is 18.2. The number of hydrogen-bond donors (Lipinski definition) is 0. The molecular weight excluding hydrogens is 1000 g/mol. The molecule has 7 heterocycles. The minimum atomic E-state index is 0.556. The lowest BCUT2D eigenvalue weighted by atomic mass is 10.0. The molecule has 0 atom stereocenters. The van der Waals surface area contributed by atoms with Crippen LogP contribution in [0.1, 0.15) is 0 Å². The van der Waals surface area contributed by atoms with E-state index in [2.05, 4.69) is 266 Å². The summed E-state index contributed by atoms with van der Waals surface area (Å²) in [5.41, 5.74) is 18.9. The van der Waals surface area contributed by atoms with Gasteiger partial charge in [0.15, 0.2) is 0 Å². The van der Waals surface area contributed by atoms with Crippen molar-refractivity contribution in [2.75, 3.05) is 0 Å². The summed E-state index contributed by atoms with van der Waals surface area (Å²) in [5.74, 6) is 1.30. The Labute approximate surface area is 470 Å². The second-order valence-corrected chi connectivity index (χ2v) is 21.1. The zero-order valence-electron chi connectivity index (χ0n) is 44.1. The first kappa shape index (κ1) is 45.8. The third kappa shape index (κ3) is 7.11. The van der Waals surface area contributed by atoms with Crippen LogP contribution >= 0.6 is 0 Å². The van der Waals surface area contributed by atoms with Gasteiger partial charge in [-0.05, 0) is 144 Å². The SMILES string of the molecule is c1ccc(-n2c3ccccc3c3cc(-c4ccc5c(c4)c4ccccc4n5-c4cc(-c5ccc(-c6ccccn6)nc5)nc(-n5c6ccccc6c6cc(-c7ccc8c(c7)c7ccccc7n8-c7ccccc7)ccc65)n4)ccc32)cc1. The molecule has 0 aliphatic rings. The molecule has 0 fully saturated rings. The van der Waals surface area contributed by atoms with Gasteiger partial charge in [0.25, 0.3) is 0 Å². The molecule has 0 unspecified atom stereocenters. The molecule has 0 saturated heterocycles. The Kier molecular flexibility index (Phi) is 10.1. The Hall–Kier alpha value is -11.2. The number of benzene rings is 10. The molecule has 0 aliphatic heterocycles. The van der Waals surface area contributed by atoms with Crippen LogP contribution in [-0.2, 0) is 0 Å². The van der Waals surface area contributed by atoms with Crippen LogP contribution in [0.5, 0.6) is 0 Å². The highest BCUT2D eigenvalue weighted by Crippen LogP contribution is 2.42. The average molecular weight is 1050 g/mol. The molecule has 0 saturated carbocycles. The van der Waals surface area contributed by atoms with E-state index in [1.54, 1.807) is 6.20 Å². The van der Waals surface area contributed by atoms with E-state index in [1.807, 2.05) is 30.5 Å². The summed E-state index contributed by atoms with van der Waals surface area (Å²) >= 11 is 0. The summed E-state index contributed by atoms with van der Waals surface area (Å²) in [4.78, 5) is 20.7. The molecule has 0 spiro atoms. The van der Waals surface area contributed by atoms with Crippen LogP contribution in [-0.4, -0.2) is 38.2 Å². The van der Waals surface area contributed by atoms with Crippen LogP contribution in [0.2, 0.25) is 0 Å². The smallest absolute Gasteiger partial charge is 0.237 e. The maximum Gasteiger partial charge on any atom is 0.237 e. The Morgan fingerprint density at radius 2 is 0.610 bits per heavy atom. The Bertz CT molecular complexity index is 5090. The monoisotopic (exact) mass is 1050 g/mol. The first-order valence-corrected chi connectivity index (χ1v) is 27.7. The molecule has 8 nitrogen and oxygen atoms in total. The Morgan fingerprint density at radius 1 is 0.232 bits per heavy atom. The van der Waals surface area contributed by atoms with Gasteiger partial charge in [-0.15, -0.1) is 0 Å². The van der Waals surface area contributed by atoms with E-state index in [-0.39, 0.29) is 0 Å². The largest absolute Gasteiger partial charge is 0.309 e. The molecular formula is C74H46N8. The van der Waals surface area contributed by atoms with Crippen molar-refractivity contribution in [1.29, 1.82) is 0 Å². The number of hydrogen-bond acceptors (Lipinski definition) is 4. The lowest BCUT2D eigenvalue weighted by Crippen LogP contribution is -2.07. The second-order valence-electron chi connectivity index (χ2n) is 21.1. The number of nitrogens with zero attached hydrogens (tertiary/aromatic N) is 8. The molecule has 17 rings (SSSR count). The van der Waals surface area contributed by atoms with Gasteiger partial charge in [-0.2, -0.15) is 4.98 Å². The van der Waals surface area contributed by atoms with Crippen LogP contribution in [0, 0.1) is 0 Å². The van der Waals surface area contributed by atoms with E-state index in [1.165, 1.54) is 43.6 Å². The molecule has 7 aromatic heterocycles. The summed E-state index contributed by atoms with van der Waals surface area (Å²) in [7, 11) is 0. The van der Waals surface area contributed by atoms with Crippen molar-refractivity contribution in [1.82, 2.24) is 38.2 Å². The molecule has 82 heavy (non-hydrogen) atoms. The number of fused-ring (bicyclic) bond motifs is 12. The van der Waals surface area contributed by atoms with Crippen molar-refractivity contribution in [3.8, 4) is 68.0 Å². The minimum Gasteiger partial charge on any atom is -0.309 e. The quantitative estimate of drug-likeness (QED) is 0.152. The molecule has 382 valence electrons. The summed E-state index contributed by atoms with van der Waals surface area (Å²) in [6.07, 6.45) is 3.70. The van der Waals surface area contributed by atoms with Gasteiger partial charge < -0.3 is 9.13 Å². The van der Waals surface area contributed by atoms with Gasteiger partial charge in [-0.25, -0.2) is 4.98 Å². The highest BCUT2D eigenvalue weighted by Gasteiger charge is 2.22. The molecule has 0 amide bonds. The van der Waals surface area contributed by atoms with Gasteiger partial charge in [0.1, 0.15) is 5.82 Å². The summed E-state index contributed by atoms with van der Waals surface area (Å²) in [6, 6.07) is 95.5. The van der Waals surface area contributed by atoms with Crippen LogP contribution < -0.4 is 0 Å². The van der Waals surface area contributed by atoms with Gasteiger partial charge in [0, 0.05) is 78.5 Å². The standard InChI is InChI=1S/C74H46N8/c1-3-17-52(18-4-1)79-65-26-11-7-21-54(65)58-41-47(31-36-69(58)79)49-33-38-71-60(43-49)56-23-9-13-28-67(56)81(71)73-45-64(51-30-35-63(76-46-51)62-25-15-16-40-75-62)77-74(78-73)82-68-29-14-10-24-57(68)61-44-50(34-39-72(61)82)48-32-37-70-59(42-48)55-22-8-12-27-66(55)80(70)53-19-5-2-6-20-53/h1-46H. The van der Waals surface area contributed by atoms with Crippen LogP contribution in [0.4, 0.5) is 0 Å². The van der Waals surface area contributed by atoms with Crippen molar-refractivity contribution >= 4 is 87.2 Å². The van der Waals surface area contributed by atoms with Gasteiger partial charge in [0.2, 0.25) is 5.95 Å². The van der Waals surface area contributed by atoms with Gasteiger partial charge in [-0.3, -0.25) is 19.1 Å². The lowest BCUT2D eigenvalue weighted by Gasteiger charge is -2.14. The Balaban J connectivity index is 0.839. The number of para-hydroxylation sites is 6. The third-order valence-electron chi connectivity index (χ3n) is 16.5. The van der Waals surface area contributed by atoms with E-state index in [9.17, 15) is 0 Å². The topological polar surface area (TPSA) is 71.3 Å². The van der Waals surface area contributed by atoms with Gasteiger partial charge in [-0.1, -0.05) is 140 Å². The van der Waals surface area contributed by atoms with Crippen LogP contribution in [0.3, 0.4) is 0 Å².